The van der Waals surface area contributed by atoms with Crippen molar-refractivity contribution in [3.8, 4) is 5.75 Å². The molecule has 2 heterocycles. The highest BCUT2D eigenvalue weighted by Crippen LogP contribution is 2.22. The van der Waals surface area contributed by atoms with Crippen LogP contribution in [0.2, 0.25) is 0 Å². The summed E-state index contributed by atoms with van der Waals surface area (Å²) >= 11 is 0. The highest BCUT2D eigenvalue weighted by Gasteiger charge is 2.16. The van der Waals surface area contributed by atoms with Gasteiger partial charge in [-0.25, -0.2) is 0 Å². The number of hydrogen-bond donors (Lipinski definition) is 1. The molecule has 5 nitrogen and oxygen atoms in total. The maximum absolute atomic E-state index is 12.5. The maximum Gasteiger partial charge on any atom is 0.255 e. The molecule has 2 aromatic rings. The molecule has 0 radical (unpaired) electrons. The zero-order valence-electron chi connectivity index (χ0n) is 16.9. The largest absolute Gasteiger partial charge is 0.491 e. The van der Waals surface area contributed by atoms with Crippen molar-refractivity contribution >= 4 is 17.3 Å². The van der Waals surface area contributed by atoms with Crippen LogP contribution in [0.5, 0.6) is 5.75 Å². The number of anilines is 2. The molecule has 1 unspecified atom stereocenters. The van der Waals surface area contributed by atoms with E-state index in [-0.39, 0.29) is 12.0 Å². The van der Waals surface area contributed by atoms with Crippen molar-refractivity contribution in [3.63, 3.8) is 0 Å². The molecule has 4 rings (SSSR count). The second kappa shape index (κ2) is 9.79. The number of carbonyl (C=O) groups is 1. The van der Waals surface area contributed by atoms with Crippen LogP contribution in [0.15, 0.2) is 48.5 Å². The lowest BCUT2D eigenvalue weighted by atomic mass is 10.2. The summed E-state index contributed by atoms with van der Waals surface area (Å²) in [5.74, 6) is 0.650. The normalized spacial score (nSPS) is 19.6. The van der Waals surface area contributed by atoms with Crippen LogP contribution in [-0.4, -0.2) is 38.3 Å². The van der Waals surface area contributed by atoms with Crippen LogP contribution >= 0.6 is 0 Å². The second-order valence-corrected chi connectivity index (χ2v) is 7.87. The van der Waals surface area contributed by atoms with Gasteiger partial charge in [-0.1, -0.05) is 12.8 Å². The molecule has 0 aliphatic carbocycles. The molecule has 1 N–H and O–H groups in total. The Kier molecular flexibility index (Phi) is 6.67. The third-order valence-corrected chi connectivity index (χ3v) is 5.67. The van der Waals surface area contributed by atoms with Gasteiger partial charge in [0, 0.05) is 36.6 Å². The molecule has 0 spiro atoms. The van der Waals surface area contributed by atoms with Crippen LogP contribution in [0.1, 0.15) is 48.9 Å². The highest BCUT2D eigenvalue weighted by molar-refractivity contribution is 6.04. The van der Waals surface area contributed by atoms with Crippen LogP contribution in [0.25, 0.3) is 0 Å². The fourth-order valence-electron chi connectivity index (χ4n) is 3.96. The zero-order chi connectivity index (χ0) is 19.9. The Labute approximate surface area is 173 Å². The van der Waals surface area contributed by atoms with Crippen molar-refractivity contribution in [2.75, 3.05) is 36.5 Å². The van der Waals surface area contributed by atoms with Gasteiger partial charge in [-0.3, -0.25) is 4.79 Å². The van der Waals surface area contributed by atoms with E-state index in [1.807, 2.05) is 24.3 Å². The van der Waals surface area contributed by atoms with E-state index in [9.17, 15) is 4.79 Å². The average Bonchev–Trinajstić information content (AvgIpc) is 3.14. The Morgan fingerprint density at radius 3 is 2.34 bits per heavy atom. The predicted molar refractivity (Wildman–Crippen MR) is 116 cm³/mol. The van der Waals surface area contributed by atoms with Gasteiger partial charge >= 0.3 is 0 Å². The first-order chi connectivity index (χ1) is 14.3. The van der Waals surface area contributed by atoms with E-state index in [0.29, 0.717) is 12.2 Å². The van der Waals surface area contributed by atoms with E-state index in [0.717, 1.165) is 44.0 Å². The third-order valence-electron chi connectivity index (χ3n) is 5.67. The number of nitrogens with one attached hydrogen (secondary N) is 1. The van der Waals surface area contributed by atoms with Crippen molar-refractivity contribution in [1.82, 2.24) is 0 Å². The minimum atomic E-state index is -0.113. The lowest BCUT2D eigenvalue weighted by Gasteiger charge is -2.22. The minimum absolute atomic E-state index is 0.113. The van der Waals surface area contributed by atoms with Crippen LogP contribution < -0.4 is 15.0 Å². The van der Waals surface area contributed by atoms with Gasteiger partial charge in [-0.2, -0.15) is 0 Å². The summed E-state index contributed by atoms with van der Waals surface area (Å²) in [6.07, 6.45) is 7.50. The summed E-state index contributed by atoms with van der Waals surface area (Å²) < 4.78 is 11.3. The van der Waals surface area contributed by atoms with Crippen LogP contribution in [0.3, 0.4) is 0 Å². The molecule has 29 heavy (non-hydrogen) atoms. The predicted octanol–water partition coefficient (Wildman–Crippen LogP) is 4.88. The van der Waals surface area contributed by atoms with E-state index < -0.39 is 0 Å². The van der Waals surface area contributed by atoms with Gasteiger partial charge in [-0.05, 0) is 74.2 Å². The molecule has 0 aromatic heterocycles. The fourth-order valence-corrected chi connectivity index (χ4v) is 3.96. The smallest absolute Gasteiger partial charge is 0.255 e. The van der Waals surface area contributed by atoms with Crippen LogP contribution in [0, 0.1) is 0 Å². The molecular weight excluding hydrogens is 364 g/mol. The molecule has 1 atom stereocenters. The van der Waals surface area contributed by atoms with Crippen molar-refractivity contribution in [2.45, 2.75) is 44.6 Å². The van der Waals surface area contributed by atoms with Gasteiger partial charge in [0.25, 0.3) is 5.91 Å². The van der Waals surface area contributed by atoms with E-state index in [1.54, 1.807) is 12.1 Å². The average molecular weight is 395 g/mol. The zero-order valence-corrected chi connectivity index (χ0v) is 16.9. The van der Waals surface area contributed by atoms with E-state index in [2.05, 4.69) is 22.3 Å². The summed E-state index contributed by atoms with van der Waals surface area (Å²) in [6, 6.07) is 15.4. The number of rotatable bonds is 6. The first-order valence-electron chi connectivity index (χ1n) is 10.8. The quantitative estimate of drug-likeness (QED) is 0.759. The monoisotopic (exact) mass is 394 g/mol. The maximum atomic E-state index is 12.5. The third kappa shape index (κ3) is 5.51. The Bertz CT molecular complexity index is 775. The molecule has 2 fully saturated rings. The van der Waals surface area contributed by atoms with Crippen molar-refractivity contribution in [2.24, 2.45) is 0 Å². The molecule has 2 aliphatic heterocycles. The summed E-state index contributed by atoms with van der Waals surface area (Å²) in [7, 11) is 0. The first-order valence-corrected chi connectivity index (χ1v) is 10.8. The minimum Gasteiger partial charge on any atom is -0.491 e. The molecule has 2 saturated heterocycles. The molecular formula is C24H30N2O3. The molecule has 1 amide bonds. The van der Waals surface area contributed by atoms with E-state index in [4.69, 9.17) is 9.47 Å². The summed E-state index contributed by atoms with van der Waals surface area (Å²) in [4.78, 5) is 15.0. The van der Waals surface area contributed by atoms with E-state index >= 15 is 0 Å². The summed E-state index contributed by atoms with van der Waals surface area (Å²) in [5, 5.41) is 2.98. The fraction of sp³-hybridized carbons (Fsp3) is 0.458. The standard InChI is InChI=1S/C24H30N2O3/c27-24(19-7-13-22(14-8-19)29-18-23-6-5-17-28-23)25-20-9-11-21(12-10-20)26-15-3-1-2-4-16-26/h7-14,23H,1-6,15-18H2,(H,25,27). The van der Waals surface area contributed by atoms with Crippen LogP contribution in [-0.2, 0) is 4.74 Å². The van der Waals surface area contributed by atoms with Crippen LogP contribution in [0.4, 0.5) is 11.4 Å². The van der Waals surface area contributed by atoms with Gasteiger partial charge in [0.05, 0.1) is 6.10 Å². The molecule has 0 saturated carbocycles. The Balaban J connectivity index is 1.30. The highest BCUT2D eigenvalue weighted by atomic mass is 16.5. The Hall–Kier alpha value is -2.53. The Morgan fingerprint density at radius 2 is 1.69 bits per heavy atom. The molecule has 154 valence electrons. The number of amides is 1. The van der Waals surface area contributed by atoms with Gasteiger partial charge in [0.2, 0.25) is 0 Å². The molecule has 2 aromatic carbocycles. The summed E-state index contributed by atoms with van der Waals surface area (Å²) in [5.41, 5.74) is 2.66. The van der Waals surface area contributed by atoms with Crippen molar-refractivity contribution in [3.05, 3.63) is 54.1 Å². The second-order valence-electron chi connectivity index (χ2n) is 7.87. The number of benzene rings is 2. The number of carbonyl (C=O) groups excluding carboxylic acids is 1. The van der Waals surface area contributed by atoms with Crippen molar-refractivity contribution < 1.29 is 14.3 Å². The van der Waals surface area contributed by atoms with Crippen molar-refractivity contribution in [1.29, 1.82) is 0 Å². The number of ether oxygens (including phenoxy) is 2. The van der Waals surface area contributed by atoms with Gasteiger partial charge < -0.3 is 19.7 Å². The van der Waals surface area contributed by atoms with Gasteiger partial charge in [-0.15, -0.1) is 0 Å². The number of hydrogen-bond acceptors (Lipinski definition) is 4. The van der Waals surface area contributed by atoms with Gasteiger partial charge in [0.15, 0.2) is 0 Å². The summed E-state index contributed by atoms with van der Waals surface area (Å²) in [6.45, 7) is 3.63. The number of nitrogens with zero attached hydrogens (tertiary/aromatic N) is 1. The molecule has 0 bridgehead atoms. The first kappa shape index (κ1) is 19.8. The van der Waals surface area contributed by atoms with Gasteiger partial charge in [0.1, 0.15) is 12.4 Å². The van der Waals surface area contributed by atoms with E-state index in [1.165, 1.54) is 31.4 Å². The SMILES string of the molecule is O=C(Nc1ccc(N2CCCCCC2)cc1)c1ccc(OCC2CCCO2)cc1. The molecule has 2 aliphatic rings. The lowest BCUT2D eigenvalue weighted by molar-refractivity contribution is 0.0679. The topological polar surface area (TPSA) is 50.8 Å². The molecule has 5 heteroatoms. The lowest BCUT2D eigenvalue weighted by Crippen LogP contribution is -2.23. The Morgan fingerprint density at radius 1 is 0.966 bits per heavy atom.